The van der Waals surface area contributed by atoms with Crippen LogP contribution in [0.1, 0.15) is 31.4 Å². The molecule has 2 rings (SSSR count). The minimum Gasteiger partial charge on any atom is -0.368 e. The fourth-order valence-electron chi connectivity index (χ4n) is 2.34. The van der Waals surface area contributed by atoms with E-state index >= 15 is 0 Å². The summed E-state index contributed by atoms with van der Waals surface area (Å²) in [7, 11) is -3.36. The predicted octanol–water partition coefficient (Wildman–Crippen LogP) is 1.41. The second-order valence-corrected chi connectivity index (χ2v) is 6.94. The predicted molar refractivity (Wildman–Crippen MR) is 80.4 cm³/mol. The molecule has 116 valence electrons. The van der Waals surface area contributed by atoms with Gasteiger partial charge < -0.3 is 10.1 Å². The van der Waals surface area contributed by atoms with Crippen LogP contribution >= 0.6 is 0 Å². The maximum absolute atomic E-state index is 12.1. The minimum atomic E-state index is -3.36. The highest BCUT2D eigenvalue weighted by Crippen LogP contribution is 2.24. The molecule has 1 heterocycles. The summed E-state index contributed by atoms with van der Waals surface area (Å²) in [6, 6.07) is 6.69. The molecule has 2 unspecified atom stereocenters. The SMILES string of the molecule is CC(NC(=O)C1CCCO1)c1ccccc1NS(C)(=O)=O. The molecule has 6 nitrogen and oxygen atoms in total. The average Bonchev–Trinajstić information content (AvgIpc) is 2.91. The standard InChI is InChI=1S/C14H20N2O4S/c1-10(15-14(17)13-8-5-9-20-13)11-6-3-4-7-12(11)16-21(2,18)19/h3-4,6-7,10,13,16H,5,8-9H2,1-2H3,(H,15,17). The van der Waals surface area contributed by atoms with Crippen LogP contribution in [0.2, 0.25) is 0 Å². The fraction of sp³-hybridized carbons (Fsp3) is 0.500. The van der Waals surface area contributed by atoms with E-state index in [1.165, 1.54) is 0 Å². The second-order valence-electron chi connectivity index (χ2n) is 5.19. The smallest absolute Gasteiger partial charge is 0.249 e. The maximum Gasteiger partial charge on any atom is 0.249 e. The maximum atomic E-state index is 12.1. The van der Waals surface area contributed by atoms with E-state index in [-0.39, 0.29) is 11.9 Å². The third-order valence-electron chi connectivity index (χ3n) is 3.30. The topological polar surface area (TPSA) is 84.5 Å². The molecule has 0 aliphatic carbocycles. The molecule has 1 aliphatic rings. The lowest BCUT2D eigenvalue weighted by atomic mass is 10.1. The van der Waals surface area contributed by atoms with E-state index in [2.05, 4.69) is 10.0 Å². The molecule has 2 atom stereocenters. The van der Waals surface area contributed by atoms with Crippen LogP contribution in [-0.4, -0.2) is 33.3 Å². The van der Waals surface area contributed by atoms with Gasteiger partial charge in [0.05, 0.1) is 18.0 Å². The molecule has 0 spiro atoms. The lowest BCUT2D eigenvalue weighted by Crippen LogP contribution is -2.36. The van der Waals surface area contributed by atoms with Crippen LogP contribution in [0.5, 0.6) is 0 Å². The summed E-state index contributed by atoms with van der Waals surface area (Å²) in [6.45, 7) is 2.42. The van der Waals surface area contributed by atoms with Crippen LogP contribution in [0.4, 0.5) is 5.69 Å². The van der Waals surface area contributed by atoms with Crippen LogP contribution in [0, 0.1) is 0 Å². The van der Waals surface area contributed by atoms with E-state index in [0.29, 0.717) is 17.9 Å². The zero-order chi connectivity index (χ0) is 15.5. The molecule has 0 bridgehead atoms. The molecular weight excluding hydrogens is 292 g/mol. The van der Waals surface area contributed by atoms with Crippen molar-refractivity contribution in [2.45, 2.75) is 31.9 Å². The summed E-state index contributed by atoms with van der Waals surface area (Å²) >= 11 is 0. The third kappa shape index (κ3) is 4.44. The lowest BCUT2D eigenvalue weighted by Gasteiger charge is -2.20. The van der Waals surface area contributed by atoms with Gasteiger partial charge in [-0.3, -0.25) is 9.52 Å². The summed E-state index contributed by atoms with van der Waals surface area (Å²) in [5.74, 6) is -0.158. The van der Waals surface area contributed by atoms with Crippen LogP contribution in [0.25, 0.3) is 0 Å². The van der Waals surface area contributed by atoms with Crippen LogP contribution in [0.15, 0.2) is 24.3 Å². The van der Waals surface area contributed by atoms with Gasteiger partial charge in [-0.05, 0) is 31.4 Å². The first kappa shape index (κ1) is 15.8. The van der Waals surface area contributed by atoms with E-state index < -0.39 is 16.1 Å². The molecule has 7 heteroatoms. The van der Waals surface area contributed by atoms with Crippen molar-refractivity contribution in [3.8, 4) is 0 Å². The van der Waals surface area contributed by atoms with Crippen LogP contribution < -0.4 is 10.0 Å². The number of anilines is 1. The van der Waals surface area contributed by atoms with E-state index in [9.17, 15) is 13.2 Å². The number of ether oxygens (including phenoxy) is 1. The van der Waals surface area contributed by atoms with Gasteiger partial charge in [0.1, 0.15) is 6.10 Å². The van der Waals surface area contributed by atoms with Crippen molar-refractivity contribution < 1.29 is 17.9 Å². The molecule has 1 amide bonds. The minimum absolute atomic E-state index is 0.158. The monoisotopic (exact) mass is 312 g/mol. The Morgan fingerprint density at radius 1 is 1.38 bits per heavy atom. The Hall–Kier alpha value is -1.60. The van der Waals surface area contributed by atoms with Crippen molar-refractivity contribution in [1.82, 2.24) is 5.32 Å². The number of amides is 1. The molecule has 0 saturated carbocycles. The number of sulfonamides is 1. The van der Waals surface area contributed by atoms with Gasteiger partial charge in [0.15, 0.2) is 0 Å². The summed E-state index contributed by atoms with van der Waals surface area (Å²) in [6.07, 6.45) is 2.31. The van der Waals surface area contributed by atoms with Crippen molar-refractivity contribution in [3.05, 3.63) is 29.8 Å². The van der Waals surface area contributed by atoms with Gasteiger partial charge in [0.25, 0.3) is 0 Å². The highest BCUT2D eigenvalue weighted by Gasteiger charge is 2.25. The number of hydrogen-bond donors (Lipinski definition) is 2. The number of hydrogen-bond acceptors (Lipinski definition) is 4. The Balaban J connectivity index is 2.11. The molecule has 1 aliphatic heterocycles. The Kier molecular flexibility index (Phi) is 4.84. The highest BCUT2D eigenvalue weighted by molar-refractivity contribution is 7.92. The molecule has 0 aromatic heterocycles. The van der Waals surface area contributed by atoms with Gasteiger partial charge in [-0.25, -0.2) is 8.42 Å². The molecule has 1 aromatic rings. The summed E-state index contributed by atoms with van der Waals surface area (Å²) in [5, 5.41) is 2.87. The van der Waals surface area contributed by atoms with E-state index in [1.54, 1.807) is 24.3 Å². The highest BCUT2D eigenvalue weighted by atomic mass is 32.2. The zero-order valence-electron chi connectivity index (χ0n) is 12.1. The lowest BCUT2D eigenvalue weighted by molar-refractivity contribution is -0.130. The second kappa shape index (κ2) is 6.44. The quantitative estimate of drug-likeness (QED) is 0.861. The van der Waals surface area contributed by atoms with Crippen molar-refractivity contribution in [3.63, 3.8) is 0 Å². The normalized spacial score (nSPS) is 20.0. The largest absolute Gasteiger partial charge is 0.368 e. The molecule has 2 N–H and O–H groups in total. The first-order chi connectivity index (χ1) is 9.87. The van der Waals surface area contributed by atoms with Crippen molar-refractivity contribution in [2.24, 2.45) is 0 Å². The average molecular weight is 312 g/mol. The van der Waals surface area contributed by atoms with Crippen molar-refractivity contribution in [2.75, 3.05) is 17.6 Å². The van der Waals surface area contributed by atoms with E-state index in [0.717, 1.165) is 19.1 Å². The van der Waals surface area contributed by atoms with Crippen molar-refractivity contribution >= 4 is 21.6 Å². The molecule has 21 heavy (non-hydrogen) atoms. The number of benzene rings is 1. The molecular formula is C14H20N2O4S. The van der Waals surface area contributed by atoms with Crippen LogP contribution in [-0.2, 0) is 19.6 Å². The molecule has 1 saturated heterocycles. The van der Waals surface area contributed by atoms with Gasteiger partial charge in [0, 0.05) is 6.61 Å². The molecule has 1 aromatic carbocycles. The first-order valence-corrected chi connectivity index (χ1v) is 8.74. The van der Waals surface area contributed by atoms with Gasteiger partial charge in [-0.2, -0.15) is 0 Å². The number of rotatable bonds is 5. The summed E-state index contributed by atoms with van der Waals surface area (Å²) in [4.78, 5) is 12.1. The zero-order valence-corrected chi connectivity index (χ0v) is 12.9. The van der Waals surface area contributed by atoms with Gasteiger partial charge in [0.2, 0.25) is 15.9 Å². The van der Waals surface area contributed by atoms with Crippen molar-refractivity contribution in [1.29, 1.82) is 0 Å². The van der Waals surface area contributed by atoms with Gasteiger partial charge in [-0.15, -0.1) is 0 Å². The van der Waals surface area contributed by atoms with Crippen LogP contribution in [0.3, 0.4) is 0 Å². The molecule has 0 radical (unpaired) electrons. The number of carbonyl (C=O) groups excluding carboxylic acids is 1. The summed E-state index contributed by atoms with van der Waals surface area (Å²) in [5.41, 5.74) is 1.19. The number of carbonyl (C=O) groups is 1. The fourth-order valence-corrected chi connectivity index (χ4v) is 2.92. The molecule has 1 fully saturated rings. The van der Waals surface area contributed by atoms with E-state index in [1.807, 2.05) is 6.92 Å². The first-order valence-electron chi connectivity index (χ1n) is 6.85. The third-order valence-corrected chi connectivity index (χ3v) is 3.89. The van der Waals surface area contributed by atoms with E-state index in [4.69, 9.17) is 4.74 Å². The Bertz CT molecular complexity index is 609. The Morgan fingerprint density at radius 2 is 2.10 bits per heavy atom. The Labute approximate surface area is 124 Å². The Morgan fingerprint density at radius 3 is 2.71 bits per heavy atom. The number of para-hydroxylation sites is 1. The van der Waals surface area contributed by atoms with Gasteiger partial charge in [-0.1, -0.05) is 18.2 Å². The van der Waals surface area contributed by atoms with Gasteiger partial charge >= 0.3 is 0 Å². The summed E-state index contributed by atoms with van der Waals surface area (Å²) < 4.78 is 30.6. The number of nitrogens with one attached hydrogen (secondary N) is 2.